The number of halogens is 1. The Kier molecular flexibility index (Phi) is 6.38. The van der Waals surface area contributed by atoms with E-state index in [1.165, 1.54) is 11.1 Å². The summed E-state index contributed by atoms with van der Waals surface area (Å²) < 4.78 is 14.5. The highest BCUT2D eigenvalue weighted by Gasteiger charge is 2.18. The van der Waals surface area contributed by atoms with E-state index in [9.17, 15) is 9.18 Å². The number of benzene rings is 2. The number of carbonyl (C=O) groups is 1. The molecule has 1 aliphatic rings. The van der Waals surface area contributed by atoms with Crippen molar-refractivity contribution in [2.24, 2.45) is 5.92 Å². The number of rotatable bonds is 7. The van der Waals surface area contributed by atoms with E-state index in [4.69, 9.17) is 0 Å². The van der Waals surface area contributed by atoms with Crippen LogP contribution in [-0.2, 0) is 17.6 Å². The van der Waals surface area contributed by atoms with Crippen LogP contribution < -0.4 is 0 Å². The number of aryl methyl sites for hydroxylation is 2. The van der Waals surface area contributed by atoms with Crippen LogP contribution in [0.4, 0.5) is 4.39 Å². The topological polar surface area (TPSA) is 17.1 Å². The lowest BCUT2D eigenvalue weighted by Gasteiger charge is -2.21. The molecule has 2 aromatic rings. The van der Waals surface area contributed by atoms with Crippen molar-refractivity contribution in [3.63, 3.8) is 0 Å². The van der Waals surface area contributed by atoms with Crippen molar-refractivity contribution in [3.8, 4) is 0 Å². The van der Waals surface area contributed by atoms with Gasteiger partial charge in [-0.3, -0.25) is 4.79 Å². The fourth-order valence-electron chi connectivity index (χ4n) is 3.68. The second-order valence-corrected chi connectivity index (χ2v) is 7.26. The number of hydrogen-bond donors (Lipinski definition) is 0. The molecule has 0 saturated carbocycles. The summed E-state index contributed by atoms with van der Waals surface area (Å²) in [5, 5.41) is 0. The molecule has 1 atom stereocenters. The van der Waals surface area contributed by atoms with Gasteiger partial charge in [0.05, 0.1) is 0 Å². The first kappa shape index (κ1) is 18.6. The predicted molar refractivity (Wildman–Crippen MR) is 105 cm³/mol. The molecule has 0 amide bonds. The highest BCUT2D eigenvalue weighted by molar-refractivity contribution is 5.78. The monoisotopic (exact) mass is 350 g/mol. The van der Waals surface area contributed by atoms with Crippen LogP contribution in [0.5, 0.6) is 0 Å². The molecule has 0 heterocycles. The zero-order chi connectivity index (χ0) is 18.4. The minimum absolute atomic E-state index is 0.109. The van der Waals surface area contributed by atoms with Gasteiger partial charge in [-0.25, -0.2) is 4.39 Å². The van der Waals surface area contributed by atoms with Crippen LogP contribution in [0.15, 0.2) is 54.6 Å². The Balaban J connectivity index is 1.61. The highest BCUT2D eigenvalue weighted by Crippen LogP contribution is 2.32. The lowest BCUT2D eigenvalue weighted by molar-refractivity contribution is -0.119. The third-order valence-corrected chi connectivity index (χ3v) is 5.38. The van der Waals surface area contributed by atoms with Crippen LogP contribution >= 0.6 is 0 Å². The van der Waals surface area contributed by atoms with Crippen molar-refractivity contribution in [3.05, 3.63) is 77.1 Å². The summed E-state index contributed by atoms with van der Waals surface area (Å²) in [6.45, 7) is 1.93. The zero-order valence-electron chi connectivity index (χ0n) is 15.5. The summed E-state index contributed by atoms with van der Waals surface area (Å²) in [6, 6.07) is 15.9. The van der Waals surface area contributed by atoms with Crippen LogP contribution in [0.25, 0.3) is 5.57 Å². The maximum absolute atomic E-state index is 14.5. The number of carbonyl (C=O) groups excluding carboxylic acids is 1. The Morgan fingerprint density at radius 2 is 1.92 bits per heavy atom. The summed E-state index contributed by atoms with van der Waals surface area (Å²) >= 11 is 0. The Bertz CT molecular complexity index is 776. The van der Waals surface area contributed by atoms with Gasteiger partial charge in [-0.2, -0.15) is 0 Å². The second-order valence-electron chi connectivity index (χ2n) is 7.26. The molecule has 26 heavy (non-hydrogen) atoms. The van der Waals surface area contributed by atoms with Gasteiger partial charge in [-0.15, -0.1) is 0 Å². The molecule has 0 radical (unpaired) electrons. The third-order valence-electron chi connectivity index (χ3n) is 5.38. The lowest BCUT2D eigenvalue weighted by Crippen LogP contribution is -2.10. The summed E-state index contributed by atoms with van der Waals surface area (Å²) in [7, 11) is 0. The second kappa shape index (κ2) is 8.93. The van der Waals surface area contributed by atoms with E-state index < -0.39 is 0 Å². The van der Waals surface area contributed by atoms with E-state index in [1.807, 2.05) is 37.3 Å². The van der Waals surface area contributed by atoms with Gasteiger partial charge in [0.25, 0.3) is 0 Å². The molecular formula is C24H27FO. The molecule has 2 heteroatoms. The molecule has 0 aliphatic heterocycles. The van der Waals surface area contributed by atoms with Crippen LogP contribution in [-0.4, -0.2) is 5.78 Å². The number of Topliss-reactive ketones (excluding diaryl/α,β-unsaturated/α-hetero) is 1. The molecule has 0 N–H and O–H groups in total. The van der Waals surface area contributed by atoms with Crippen molar-refractivity contribution in [2.45, 2.75) is 51.9 Å². The molecule has 3 rings (SSSR count). The Labute approximate surface area is 155 Å². The number of hydrogen-bond acceptors (Lipinski definition) is 1. The Morgan fingerprint density at radius 3 is 2.58 bits per heavy atom. The van der Waals surface area contributed by atoms with Crippen molar-refractivity contribution >= 4 is 11.4 Å². The first-order chi connectivity index (χ1) is 12.7. The molecule has 0 fully saturated rings. The van der Waals surface area contributed by atoms with Gasteiger partial charge in [0.1, 0.15) is 11.6 Å². The Morgan fingerprint density at radius 1 is 1.12 bits per heavy atom. The predicted octanol–water partition coefficient (Wildman–Crippen LogP) is 6.16. The fraction of sp³-hybridized carbons (Fsp3) is 0.375. The largest absolute Gasteiger partial charge is 0.300 e. The van der Waals surface area contributed by atoms with E-state index in [0.29, 0.717) is 24.5 Å². The lowest BCUT2D eigenvalue weighted by atomic mass is 9.83. The molecule has 1 nitrogen and oxygen atoms in total. The van der Waals surface area contributed by atoms with Crippen molar-refractivity contribution in [1.29, 1.82) is 0 Å². The molecule has 136 valence electrons. The Hall–Kier alpha value is -2.22. The average molecular weight is 350 g/mol. The minimum Gasteiger partial charge on any atom is -0.300 e. The van der Waals surface area contributed by atoms with Gasteiger partial charge < -0.3 is 0 Å². The normalized spacial score (nSPS) is 17.0. The maximum atomic E-state index is 14.5. The summed E-state index contributed by atoms with van der Waals surface area (Å²) in [6.07, 6.45) is 7.98. The SMILES string of the molecule is CCC(=O)CC1CC=C(c2ccc(CCc3ccccc3)c(F)c2)CC1. The molecule has 0 saturated heterocycles. The summed E-state index contributed by atoms with van der Waals surface area (Å²) in [4.78, 5) is 11.6. The van der Waals surface area contributed by atoms with E-state index >= 15 is 0 Å². The van der Waals surface area contributed by atoms with Crippen molar-refractivity contribution in [2.75, 3.05) is 0 Å². The smallest absolute Gasteiger partial charge is 0.132 e. The molecular weight excluding hydrogens is 323 g/mol. The van der Waals surface area contributed by atoms with Crippen LogP contribution in [0.1, 0.15) is 55.7 Å². The van der Waals surface area contributed by atoms with Gasteiger partial charge in [0.15, 0.2) is 0 Å². The highest BCUT2D eigenvalue weighted by atomic mass is 19.1. The molecule has 1 aliphatic carbocycles. The molecule has 0 bridgehead atoms. The van der Waals surface area contributed by atoms with Gasteiger partial charge in [-0.05, 0) is 66.4 Å². The summed E-state index contributed by atoms with van der Waals surface area (Å²) in [5.41, 5.74) is 4.23. The quantitative estimate of drug-likeness (QED) is 0.584. The molecule has 0 spiro atoms. The van der Waals surface area contributed by atoms with Gasteiger partial charge in [-0.1, -0.05) is 55.5 Å². The van der Waals surface area contributed by atoms with Crippen molar-refractivity contribution in [1.82, 2.24) is 0 Å². The number of ketones is 1. The zero-order valence-corrected chi connectivity index (χ0v) is 15.5. The van der Waals surface area contributed by atoms with Crippen LogP contribution in [0, 0.1) is 11.7 Å². The van der Waals surface area contributed by atoms with E-state index in [1.54, 1.807) is 6.07 Å². The van der Waals surface area contributed by atoms with E-state index in [2.05, 4.69) is 18.2 Å². The standard InChI is InChI=1S/C24H27FO/c1-2-23(26)16-19-9-11-20(12-10-19)22-15-14-21(24(25)17-22)13-8-18-6-4-3-5-7-18/h3-7,11,14-15,17,19H,2,8-10,12-13,16H2,1H3. The maximum Gasteiger partial charge on any atom is 0.132 e. The van der Waals surface area contributed by atoms with Gasteiger partial charge >= 0.3 is 0 Å². The van der Waals surface area contributed by atoms with Gasteiger partial charge in [0.2, 0.25) is 0 Å². The molecule has 2 aromatic carbocycles. The molecule has 1 unspecified atom stereocenters. The average Bonchev–Trinajstić information content (AvgIpc) is 2.68. The van der Waals surface area contributed by atoms with Gasteiger partial charge in [0, 0.05) is 12.8 Å². The minimum atomic E-state index is -0.109. The first-order valence-corrected chi connectivity index (χ1v) is 9.69. The first-order valence-electron chi connectivity index (χ1n) is 9.69. The molecule has 0 aromatic heterocycles. The van der Waals surface area contributed by atoms with Crippen LogP contribution in [0.2, 0.25) is 0 Å². The fourth-order valence-corrected chi connectivity index (χ4v) is 3.68. The summed E-state index contributed by atoms with van der Waals surface area (Å²) in [5.74, 6) is 0.699. The van der Waals surface area contributed by atoms with Crippen molar-refractivity contribution < 1.29 is 9.18 Å². The van der Waals surface area contributed by atoms with E-state index in [-0.39, 0.29) is 5.82 Å². The van der Waals surface area contributed by atoms with E-state index in [0.717, 1.165) is 43.2 Å². The third kappa shape index (κ3) is 4.91. The number of allylic oxidation sites excluding steroid dienone is 2. The van der Waals surface area contributed by atoms with Crippen LogP contribution in [0.3, 0.4) is 0 Å².